The van der Waals surface area contributed by atoms with Crippen molar-refractivity contribution in [1.29, 1.82) is 0 Å². The van der Waals surface area contributed by atoms with Crippen LogP contribution in [0, 0.1) is 0 Å². The van der Waals surface area contributed by atoms with E-state index < -0.39 is 0 Å². The van der Waals surface area contributed by atoms with E-state index in [0.717, 1.165) is 10.1 Å². The van der Waals surface area contributed by atoms with Crippen molar-refractivity contribution in [1.82, 2.24) is 4.90 Å². The highest BCUT2D eigenvalue weighted by atomic mass is 35.5. The second-order valence-electron chi connectivity index (χ2n) is 4.31. The molecular weight excluding hydrogens is 290 g/mol. The number of amides is 1. The number of aliphatic hydroxyl groups is 1. The average molecular weight is 306 g/mol. The Morgan fingerprint density at radius 3 is 2.83 bits per heavy atom. The fourth-order valence-corrected chi connectivity index (χ4v) is 4.00. The topological polar surface area (TPSA) is 40.5 Å². The second kappa shape index (κ2) is 6.80. The van der Waals surface area contributed by atoms with Gasteiger partial charge in [-0.2, -0.15) is 0 Å². The van der Waals surface area contributed by atoms with Crippen LogP contribution in [0.4, 0.5) is 0 Å². The lowest BCUT2D eigenvalue weighted by atomic mass is 10.1. The molecule has 0 unspecified atom stereocenters. The quantitative estimate of drug-likeness (QED) is 0.929. The molecule has 1 aromatic heterocycles. The molecule has 0 bridgehead atoms. The zero-order valence-electron chi connectivity index (χ0n) is 9.97. The van der Waals surface area contributed by atoms with Gasteiger partial charge in [-0.05, 0) is 25.0 Å². The number of thiophene rings is 1. The monoisotopic (exact) mass is 305 g/mol. The van der Waals surface area contributed by atoms with Gasteiger partial charge in [0.05, 0.1) is 16.2 Å². The van der Waals surface area contributed by atoms with Gasteiger partial charge in [0.1, 0.15) is 0 Å². The van der Waals surface area contributed by atoms with Crippen LogP contribution in [0.25, 0.3) is 0 Å². The van der Waals surface area contributed by atoms with Gasteiger partial charge in [-0.3, -0.25) is 4.79 Å². The normalized spacial score (nSPS) is 17.1. The van der Waals surface area contributed by atoms with Crippen LogP contribution in [0.2, 0.25) is 4.34 Å². The summed E-state index contributed by atoms with van der Waals surface area (Å²) in [5.74, 6) is 1.51. The number of piperidine rings is 1. The molecule has 18 heavy (non-hydrogen) atoms. The van der Waals surface area contributed by atoms with E-state index in [2.05, 4.69) is 0 Å². The van der Waals surface area contributed by atoms with Gasteiger partial charge in [0, 0.05) is 23.7 Å². The summed E-state index contributed by atoms with van der Waals surface area (Å²) in [5, 5.41) is 9.38. The van der Waals surface area contributed by atoms with Gasteiger partial charge < -0.3 is 10.0 Å². The Labute approximate surface area is 120 Å². The lowest BCUT2D eigenvalue weighted by molar-refractivity contribution is -0.130. The van der Waals surface area contributed by atoms with Crippen molar-refractivity contribution in [2.24, 2.45) is 0 Å². The first-order valence-corrected chi connectivity index (χ1v) is 8.28. The molecule has 1 aliphatic heterocycles. The minimum Gasteiger partial charge on any atom is -0.393 e. The summed E-state index contributed by atoms with van der Waals surface area (Å²) in [5.41, 5.74) is 0. The first-order chi connectivity index (χ1) is 8.65. The fourth-order valence-electron chi connectivity index (χ4n) is 1.87. The van der Waals surface area contributed by atoms with Crippen LogP contribution >= 0.6 is 34.7 Å². The summed E-state index contributed by atoms with van der Waals surface area (Å²) < 4.78 is 0.793. The van der Waals surface area contributed by atoms with Crippen LogP contribution in [0.5, 0.6) is 0 Å². The number of rotatable bonds is 4. The van der Waals surface area contributed by atoms with E-state index in [1.807, 2.05) is 17.0 Å². The third-order valence-electron chi connectivity index (χ3n) is 2.92. The van der Waals surface area contributed by atoms with Crippen LogP contribution in [-0.2, 0) is 10.5 Å². The van der Waals surface area contributed by atoms with Crippen LogP contribution in [0.1, 0.15) is 17.7 Å². The van der Waals surface area contributed by atoms with Crippen molar-refractivity contribution in [3.63, 3.8) is 0 Å². The van der Waals surface area contributed by atoms with E-state index in [9.17, 15) is 9.90 Å². The van der Waals surface area contributed by atoms with Crippen molar-refractivity contribution >= 4 is 40.6 Å². The van der Waals surface area contributed by atoms with Gasteiger partial charge in [-0.1, -0.05) is 11.6 Å². The Morgan fingerprint density at radius 2 is 2.22 bits per heavy atom. The van der Waals surface area contributed by atoms with Gasteiger partial charge in [0.25, 0.3) is 0 Å². The number of hydrogen-bond acceptors (Lipinski definition) is 4. The largest absolute Gasteiger partial charge is 0.393 e. The van der Waals surface area contributed by atoms with Crippen LogP contribution in [-0.4, -0.2) is 40.9 Å². The molecule has 1 aromatic rings. The minimum atomic E-state index is -0.227. The van der Waals surface area contributed by atoms with Gasteiger partial charge >= 0.3 is 0 Å². The number of carbonyl (C=O) groups excluding carboxylic acids is 1. The van der Waals surface area contributed by atoms with Crippen molar-refractivity contribution in [3.8, 4) is 0 Å². The van der Waals surface area contributed by atoms with E-state index in [-0.39, 0.29) is 12.0 Å². The van der Waals surface area contributed by atoms with Gasteiger partial charge in [0.15, 0.2) is 0 Å². The Kier molecular flexibility index (Phi) is 5.36. The number of likely N-dealkylation sites (tertiary alicyclic amines) is 1. The van der Waals surface area contributed by atoms with E-state index in [4.69, 9.17) is 11.6 Å². The summed E-state index contributed by atoms with van der Waals surface area (Å²) in [6.45, 7) is 1.37. The smallest absolute Gasteiger partial charge is 0.232 e. The highest BCUT2D eigenvalue weighted by Crippen LogP contribution is 2.25. The van der Waals surface area contributed by atoms with Crippen LogP contribution in [0.3, 0.4) is 0 Å². The molecule has 0 aromatic carbocycles. The standard InChI is InChI=1S/C12H16ClNO2S2/c13-11-2-1-10(18-11)7-17-8-12(16)14-5-3-9(15)4-6-14/h1-2,9,15H,3-8H2. The summed E-state index contributed by atoms with van der Waals surface area (Å²) in [7, 11) is 0. The lowest BCUT2D eigenvalue weighted by Gasteiger charge is -2.29. The number of halogens is 1. The molecule has 1 saturated heterocycles. The van der Waals surface area contributed by atoms with Gasteiger partial charge in [-0.25, -0.2) is 0 Å². The molecule has 0 spiro atoms. The molecule has 6 heteroatoms. The molecule has 3 nitrogen and oxygen atoms in total. The summed E-state index contributed by atoms with van der Waals surface area (Å²) >= 11 is 9.03. The first kappa shape index (κ1) is 14.2. The number of nitrogens with zero attached hydrogens (tertiary/aromatic N) is 1. The molecule has 1 aliphatic rings. The van der Waals surface area contributed by atoms with Gasteiger partial charge in [0.2, 0.25) is 5.91 Å². The molecule has 100 valence electrons. The lowest BCUT2D eigenvalue weighted by Crippen LogP contribution is -2.40. The van der Waals surface area contributed by atoms with Crippen molar-refractivity contribution in [2.75, 3.05) is 18.8 Å². The van der Waals surface area contributed by atoms with Crippen LogP contribution < -0.4 is 0 Å². The molecular formula is C12H16ClNO2S2. The summed E-state index contributed by atoms with van der Waals surface area (Å²) in [6.07, 6.45) is 1.18. The number of thioether (sulfide) groups is 1. The zero-order valence-corrected chi connectivity index (χ0v) is 12.4. The van der Waals surface area contributed by atoms with Crippen molar-refractivity contribution in [2.45, 2.75) is 24.7 Å². The Hall–Kier alpha value is -0.230. The molecule has 2 heterocycles. The molecule has 2 rings (SSSR count). The highest BCUT2D eigenvalue weighted by Gasteiger charge is 2.20. The van der Waals surface area contributed by atoms with E-state index in [0.29, 0.717) is 31.7 Å². The first-order valence-electron chi connectivity index (χ1n) is 5.93. The molecule has 0 atom stereocenters. The van der Waals surface area contributed by atoms with Gasteiger partial charge in [-0.15, -0.1) is 23.1 Å². The molecule has 0 radical (unpaired) electrons. The Balaban J connectivity index is 1.68. The molecule has 0 aliphatic carbocycles. The zero-order chi connectivity index (χ0) is 13.0. The number of carbonyl (C=O) groups is 1. The predicted molar refractivity (Wildman–Crippen MR) is 77.3 cm³/mol. The fraction of sp³-hybridized carbons (Fsp3) is 0.583. The predicted octanol–water partition coefficient (Wildman–Crippen LogP) is 2.62. The Morgan fingerprint density at radius 1 is 1.50 bits per heavy atom. The van der Waals surface area contributed by atoms with E-state index >= 15 is 0 Å². The summed E-state index contributed by atoms with van der Waals surface area (Å²) in [4.78, 5) is 15.0. The second-order valence-corrected chi connectivity index (χ2v) is 7.10. The maximum atomic E-state index is 11.9. The Bertz CT molecular complexity index is 403. The van der Waals surface area contributed by atoms with Crippen molar-refractivity contribution < 1.29 is 9.90 Å². The molecule has 1 amide bonds. The maximum Gasteiger partial charge on any atom is 0.232 e. The van der Waals surface area contributed by atoms with E-state index in [1.54, 1.807) is 23.1 Å². The van der Waals surface area contributed by atoms with E-state index in [1.165, 1.54) is 4.88 Å². The minimum absolute atomic E-state index is 0.176. The molecule has 0 saturated carbocycles. The number of aliphatic hydroxyl groups excluding tert-OH is 1. The SMILES string of the molecule is O=C(CSCc1ccc(Cl)s1)N1CCC(O)CC1. The van der Waals surface area contributed by atoms with Crippen molar-refractivity contribution in [3.05, 3.63) is 21.3 Å². The highest BCUT2D eigenvalue weighted by molar-refractivity contribution is 7.99. The summed E-state index contributed by atoms with van der Waals surface area (Å²) in [6, 6.07) is 3.89. The van der Waals surface area contributed by atoms with Crippen LogP contribution in [0.15, 0.2) is 12.1 Å². The maximum absolute atomic E-state index is 11.9. The average Bonchev–Trinajstić information content (AvgIpc) is 2.76. The molecule has 1 fully saturated rings. The molecule has 1 N–H and O–H groups in total. The number of hydrogen-bond donors (Lipinski definition) is 1. The third kappa shape index (κ3) is 4.16. The third-order valence-corrected chi connectivity index (χ3v) is 5.30.